The fourth-order valence-electron chi connectivity index (χ4n) is 2.06. The summed E-state index contributed by atoms with van der Waals surface area (Å²) in [5.74, 6) is 0.389. The number of amidine groups is 2. The molecule has 0 radical (unpaired) electrons. The lowest BCUT2D eigenvalue weighted by atomic mass is 10.1. The number of nitrogens with zero attached hydrogens (tertiary/aromatic N) is 2. The molecule has 0 saturated heterocycles. The van der Waals surface area contributed by atoms with Gasteiger partial charge in [0.25, 0.3) is 0 Å². The fourth-order valence-corrected chi connectivity index (χ4v) is 2.06. The minimum atomic E-state index is 0.0329. The molecule has 0 fully saturated rings. The highest BCUT2D eigenvalue weighted by molar-refractivity contribution is 6.04. The van der Waals surface area contributed by atoms with Crippen LogP contribution in [0.25, 0.3) is 17.0 Å². The molecule has 0 unspecified atom stereocenters. The molecule has 0 aliphatic carbocycles. The Hall–Kier alpha value is -3.08. The molecule has 0 saturated carbocycles. The third kappa shape index (κ3) is 4.71. The van der Waals surface area contributed by atoms with E-state index in [1.54, 1.807) is 19.2 Å². The molecule has 23 heavy (non-hydrogen) atoms. The van der Waals surface area contributed by atoms with E-state index in [9.17, 15) is 0 Å². The topological polar surface area (TPSA) is 99.0 Å². The molecule has 5 nitrogen and oxygen atoms in total. The van der Waals surface area contributed by atoms with Crippen molar-refractivity contribution in [2.45, 2.75) is 13.3 Å². The van der Waals surface area contributed by atoms with Crippen LogP contribution in [0.15, 0.2) is 54.2 Å². The highest BCUT2D eigenvalue weighted by atomic mass is 14.9. The third-order valence-electron chi connectivity index (χ3n) is 3.14. The summed E-state index contributed by atoms with van der Waals surface area (Å²) >= 11 is 0. The van der Waals surface area contributed by atoms with Gasteiger partial charge in [-0.1, -0.05) is 18.7 Å². The van der Waals surface area contributed by atoms with Crippen LogP contribution in [0.5, 0.6) is 0 Å². The quantitative estimate of drug-likeness (QED) is 0.583. The number of allylic oxidation sites excluding steroid dienone is 1. The lowest BCUT2D eigenvalue weighted by molar-refractivity contribution is 1.28. The Kier molecular flexibility index (Phi) is 5.15. The first kappa shape index (κ1) is 16.3. The van der Waals surface area contributed by atoms with E-state index >= 15 is 0 Å². The molecular formula is C18H19N5. The van der Waals surface area contributed by atoms with Gasteiger partial charge in [0.15, 0.2) is 0 Å². The van der Waals surface area contributed by atoms with Crippen molar-refractivity contribution in [3.8, 4) is 0 Å². The molecule has 1 aromatic carbocycles. The average Bonchev–Trinajstić information content (AvgIpc) is 2.52. The lowest BCUT2D eigenvalue weighted by Gasteiger charge is -2.04. The van der Waals surface area contributed by atoms with E-state index in [1.807, 2.05) is 24.3 Å². The number of hydrogen-bond acceptors (Lipinski definition) is 3. The summed E-state index contributed by atoms with van der Waals surface area (Å²) in [6.45, 7) is 5.38. The molecule has 4 N–H and O–H groups in total. The molecule has 0 aliphatic rings. The van der Waals surface area contributed by atoms with Crippen molar-refractivity contribution in [2.24, 2.45) is 10.7 Å². The first-order chi connectivity index (χ1) is 11.0. The highest BCUT2D eigenvalue weighted by Gasteiger charge is 2.02. The van der Waals surface area contributed by atoms with Gasteiger partial charge in [-0.3, -0.25) is 10.4 Å². The summed E-state index contributed by atoms with van der Waals surface area (Å²) in [5.41, 5.74) is 9.14. The van der Waals surface area contributed by atoms with E-state index in [4.69, 9.17) is 16.6 Å². The van der Waals surface area contributed by atoms with Gasteiger partial charge in [0.2, 0.25) is 0 Å². The second-order valence-corrected chi connectivity index (χ2v) is 5.18. The van der Waals surface area contributed by atoms with Gasteiger partial charge < -0.3 is 11.1 Å². The van der Waals surface area contributed by atoms with E-state index in [0.717, 1.165) is 22.0 Å². The number of hydrogen-bond donors (Lipinski definition) is 3. The van der Waals surface area contributed by atoms with Crippen molar-refractivity contribution >= 4 is 34.4 Å². The predicted octanol–water partition coefficient (Wildman–Crippen LogP) is 3.35. The SMILES string of the molecule is C=Cc1cnc2ccc(CC(N)=NC(=N)/C=C\C(C)=N)cc2c1. The number of nitrogens with two attached hydrogens (primary N) is 1. The van der Waals surface area contributed by atoms with Crippen LogP contribution in [0.2, 0.25) is 0 Å². The standard InChI is InChI=1S/C18H19N5/c1-3-13-8-15-9-14(5-6-16(15)22-11-13)10-18(21)23-17(20)7-4-12(2)19/h3-9,11,19H,1,10H2,2H3,(H3,20,21,23)/b7-4-,19-12?. The summed E-state index contributed by atoms with van der Waals surface area (Å²) in [4.78, 5) is 8.39. The van der Waals surface area contributed by atoms with E-state index < -0.39 is 0 Å². The number of aliphatic imine (C=N–C) groups is 1. The van der Waals surface area contributed by atoms with Gasteiger partial charge in [-0.25, -0.2) is 4.99 Å². The molecule has 2 rings (SSSR count). The van der Waals surface area contributed by atoms with E-state index in [2.05, 4.69) is 16.6 Å². The van der Waals surface area contributed by atoms with Gasteiger partial charge >= 0.3 is 0 Å². The summed E-state index contributed by atoms with van der Waals surface area (Å²) in [6.07, 6.45) is 6.96. The molecule has 116 valence electrons. The maximum absolute atomic E-state index is 7.69. The molecule has 1 heterocycles. The molecule has 0 aliphatic heterocycles. The van der Waals surface area contributed by atoms with E-state index in [0.29, 0.717) is 18.0 Å². The third-order valence-corrected chi connectivity index (χ3v) is 3.14. The molecule has 0 bridgehead atoms. The van der Waals surface area contributed by atoms with Gasteiger partial charge in [0.1, 0.15) is 11.7 Å². The molecule has 5 heteroatoms. The van der Waals surface area contributed by atoms with Crippen LogP contribution in [0.4, 0.5) is 0 Å². The average molecular weight is 305 g/mol. The molecule has 0 spiro atoms. The van der Waals surface area contributed by atoms with Gasteiger partial charge in [0, 0.05) is 23.7 Å². The van der Waals surface area contributed by atoms with Crippen molar-refractivity contribution in [1.29, 1.82) is 10.8 Å². The Bertz CT molecular complexity index is 830. The van der Waals surface area contributed by atoms with Crippen LogP contribution < -0.4 is 5.73 Å². The Morgan fingerprint density at radius 1 is 1.30 bits per heavy atom. The van der Waals surface area contributed by atoms with E-state index in [-0.39, 0.29) is 5.84 Å². The van der Waals surface area contributed by atoms with Crippen LogP contribution in [0.3, 0.4) is 0 Å². The highest BCUT2D eigenvalue weighted by Crippen LogP contribution is 2.16. The number of fused-ring (bicyclic) bond motifs is 1. The number of nitrogens with one attached hydrogen (secondary N) is 2. The van der Waals surface area contributed by atoms with Crippen molar-refractivity contribution in [2.75, 3.05) is 0 Å². The molecule has 2 aromatic rings. The maximum atomic E-state index is 7.69. The second kappa shape index (κ2) is 7.26. The molecular weight excluding hydrogens is 286 g/mol. The zero-order chi connectivity index (χ0) is 16.8. The van der Waals surface area contributed by atoms with Crippen molar-refractivity contribution in [3.05, 3.63) is 60.3 Å². The minimum absolute atomic E-state index is 0.0329. The van der Waals surface area contributed by atoms with Gasteiger partial charge in [-0.2, -0.15) is 0 Å². The first-order valence-electron chi connectivity index (χ1n) is 7.14. The number of rotatable bonds is 5. The number of pyridine rings is 1. The maximum Gasteiger partial charge on any atom is 0.146 e. The number of aromatic nitrogens is 1. The normalized spacial score (nSPS) is 11.8. The smallest absolute Gasteiger partial charge is 0.146 e. The summed E-state index contributed by atoms with van der Waals surface area (Å²) < 4.78 is 0. The van der Waals surface area contributed by atoms with Crippen LogP contribution >= 0.6 is 0 Å². The van der Waals surface area contributed by atoms with E-state index in [1.165, 1.54) is 12.2 Å². The van der Waals surface area contributed by atoms with Gasteiger partial charge in [0.05, 0.1) is 5.52 Å². The molecule has 0 amide bonds. The Morgan fingerprint density at radius 3 is 2.78 bits per heavy atom. The van der Waals surface area contributed by atoms with Crippen molar-refractivity contribution in [1.82, 2.24) is 4.98 Å². The monoisotopic (exact) mass is 305 g/mol. The molecule has 1 aromatic heterocycles. The van der Waals surface area contributed by atoms with Crippen LogP contribution in [-0.4, -0.2) is 22.4 Å². The Labute approximate surface area is 135 Å². The molecule has 0 atom stereocenters. The Balaban J connectivity index is 2.18. The zero-order valence-electron chi connectivity index (χ0n) is 13.0. The summed E-state index contributed by atoms with van der Waals surface area (Å²) in [6, 6.07) is 7.92. The largest absolute Gasteiger partial charge is 0.387 e. The minimum Gasteiger partial charge on any atom is -0.387 e. The zero-order valence-corrected chi connectivity index (χ0v) is 13.0. The van der Waals surface area contributed by atoms with Gasteiger partial charge in [-0.15, -0.1) is 0 Å². The van der Waals surface area contributed by atoms with Crippen LogP contribution in [-0.2, 0) is 6.42 Å². The van der Waals surface area contributed by atoms with Crippen molar-refractivity contribution < 1.29 is 0 Å². The van der Waals surface area contributed by atoms with Crippen molar-refractivity contribution in [3.63, 3.8) is 0 Å². The van der Waals surface area contributed by atoms with Crippen LogP contribution in [0.1, 0.15) is 18.1 Å². The lowest BCUT2D eigenvalue weighted by Crippen LogP contribution is -2.16. The Morgan fingerprint density at radius 2 is 2.09 bits per heavy atom. The summed E-state index contributed by atoms with van der Waals surface area (Å²) in [7, 11) is 0. The second-order valence-electron chi connectivity index (χ2n) is 5.18. The van der Waals surface area contributed by atoms with Gasteiger partial charge in [-0.05, 0) is 48.4 Å². The number of benzene rings is 1. The van der Waals surface area contributed by atoms with Crippen LogP contribution in [0, 0.1) is 10.8 Å². The summed E-state index contributed by atoms with van der Waals surface area (Å²) in [5, 5.41) is 16.0. The fraction of sp³-hybridized carbons (Fsp3) is 0.111. The first-order valence-corrected chi connectivity index (χ1v) is 7.14. The predicted molar refractivity (Wildman–Crippen MR) is 97.4 cm³/mol.